The smallest absolute Gasteiger partial charge is 0.251 e. The number of benzene rings is 1. The Balaban J connectivity index is 2.36. The van der Waals surface area contributed by atoms with Crippen LogP contribution in [0.25, 0.3) is 16.7 Å². The molecule has 0 atom stereocenters. The molecule has 0 aliphatic carbocycles. The number of nitrogens with two attached hydrogens (primary N) is 1. The summed E-state index contributed by atoms with van der Waals surface area (Å²) in [5.74, 6) is 0. The first-order valence-corrected chi connectivity index (χ1v) is 7.50. The van der Waals surface area contributed by atoms with Crippen LogP contribution in [-0.4, -0.2) is 14.3 Å². The molecule has 0 fully saturated rings. The summed E-state index contributed by atoms with van der Waals surface area (Å²) in [6.45, 7) is 3.89. The summed E-state index contributed by atoms with van der Waals surface area (Å²) < 4.78 is 3.30. The molecule has 7 heteroatoms. The molecule has 114 valence electrons. The van der Waals surface area contributed by atoms with Crippen molar-refractivity contribution in [3.05, 3.63) is 50.9 Å². The summed E-state index contributed by atoms with van der Waals surface area (Å²) in [5, 5.41) is 5.15. The third kappa shape index (κ3) is 2.26. The average Bonchev–Trinajstić information content (AvgIpc) is 2.80. The molecule has 5 nitrogen and oxygen atoms in total. The van der Waals surface area contributed by atoms with Crippen LogP contribution in [0.15, 0.2) is 35.3 Å². The molecule has 0 radical (unpaired) electrons. The molecule has 2 N–H and O–H groups in total. The van der Waals surface area contributed by atoms with E-state index in [4.69, 9.17) is 28.9 Å². The van der Waals surface area contributed by atoms with Crippen molar-refractivity contribution in [1.82, 2.24) is 14.3 Å². The van der Waals surface area contributed by atoms with Gasteiger partial charge in [0, 0.05) is 17.8 Å². The third-order valence-electron chi connectivity index (χ3n) is 3.43. The maximum atomic E-state index is 12.1. The molecule has 2 heterocycles. The quantitative estimate of drug-likeness (QED) is 0.726. The van der Waals surface area contributed by atoms with E-state index in [9.17, 15) is 4.79 Å². The maximum absolute atomic E-state index is 12.1. The van der Waals surface area contributed by atoms with E-state index in [-0.39, 0.29) is 11.6 Å². The minimum atomic E-state index is -0.0726. The molecule has 3 aromatic rings. The normalized spacial score (nSPS) is 11.5. The fourth-order valence-corrected chi connectivity index (χ4v) is 3.20. The number of anilines is 1. The molecule has 0 bridgehead atoms. The van der Waals surface area contributed by atoms with E-state index in [2.05, 4.69) is 5.10 Å². The number of pyridine rings is 1. The van der Waals surface area contributed by atoms with Crippen molar-refractivity contribution >= 4 is 39.9 Å². The first-order chi connectivity index (χ1) is 10.4. The highest BCUT2D eigenvalue weighted by Gasteiger charge is 2.16. The van der Waals surface area contributed by atoms with Crippen LogP contribution in [0.3, 0.4) is 0 Å². The summed E-state index contributed by atoms with van der Waals surface area (Å²) in [6, 6.07) is 6.49. The van der Waals surface area contributed by atoms with E-state index in [0.717, 1.165) is 11.0 Å². The minimum Gasteiger partial charge on any atom is -0.399 e. The van der Waals surface area contributed by atoms with Gasteiger partial charge in [0.25, 0.3) is 5.56 Å². The Kier molecular flexibility index (Phi) is 3.62. The molecular formula is C15H14Cl2N4O. The summed E-state index contributed by atoms with van der Waals surface area (Å²) in [7, 11) is 0. The molecule has 0 saturated carbocycles. The van der Waals surface area contributed by atoms with Gasteiger partial charge in [-0.1, -0.05) is 23.2 Å². The lowest BCUT2D eigenvalue weighted by Crippen LogP contribution is -2.20. The lowest BCUT2D eigenvalue weighted by atomic mass is 10.2. The van der Waals surface area contributed by atoms with Gasteiger partial charge in [0.15, 0.2) is 0 Å². The summed E-state index contributed by atoms with van der Waals surface area (Å²) in [4.78, 5) is 12.1. The molecule has 1 aromatic carbocycles. The number of hydrogen-bond donors (Lipinski definition) is 1. The SMILES string of the molecule is CC(C)n1c(=O)ccc2c1cnn2-c1c(Cl)cc(N)cc1Cl. The number of aromatic nitrogens is 3. The van der Waals surface area contributed by atoms with E-state index >= 15 is 0 Å². The van der Waals surface area contributed by atoms with Crippen LogP contribution >= 0.6 is 23.2 Å². The fraction of sp³-hybridized carbons (Fsp3) is 0.200. The monoisotopic (exact) mass is 336 g/mol. The van der Waals surface area contributed by atoms with Crippen LogP contribution in [-0.2, 0) is 0 Å². The molecular weight excluding hydrogens is 323 g/mol. The van der Waals surface area contributed by atoms with E-state index < -0.39 is 0 Å². The summed E-state index contributed by atoms with van der Waals surface area (Å²) in [6.07, 6.45) is 1.64. The zero-order valence-corrected chi connectivity index (χ0v) is 13.6. The van der Waals surface area contributed by atoms with Crippen LogP contribution in [0, 0.1) is 0 Å². The van der Waals surface area contributed by atoms with Gasteiger partial charge in [0.2, 0.25) is 0 Å². The number of fused-ring (bicyclic) bond motifs is 1. The Labute approximate surface area is 136 Å². The van der Waals surface area contributed by atoms with Gasteiger partial charge in [0.05, 0.1) is 27.3 Å². The summed E-state index contributed by atoms with van der Waals surface area (Å²) in [5.41, 5.74) is 8.17. The van der Waals surface area contributed by atoms with E-state index in [1.165, 1.54) is 6.07 Å². The second-order valence-corrected chi connectivity index (χ2v) is 6.11. The van der Waals surface area contributed by atoms with Crippen molar-refractivity contribution < 1.29 is 0 Å². The molecule has 0 amide bonds. The topological polar surface area (TPSA) is 65.8 Å². The van der Waals surface area contributed by atoms with Crippen molar-refractivity contribution in [1.29, 1.82) is 0 Å². The Hall–Kier alpha value is -1.98. The number of nitrogen functional groups attached to an aromatic ring is 1. The lowest BCUT2D eigenvalue weighted by Gasteiger charge is -2.12. The van der Waals surface area contributed by atoms with Crippen molar-refractivity contribution in [2.75, 3.05) is 5.73 Å². The molecule has 0 saturated heterocycles. The maximum Gasteiger partial charge on any atom is 0.251 e. The van der Waals surface area contributed by atoms with Crippen molar-refractivity contribution in [3.63, 3.8) is 0 Å². The van der Waals surface area contributed by atoms with Gasteiger partial charge in [-0.25, -0.2) is 4.68 Å². The number of rotatable bonds is 2. The molecule has 0 aliphatic rings. The lowest BCUT2D eigenvalue weighted by molar-refractivity contribution is 0.600. The molecule has 0 aliphatic heterocycles. The van der Waals surface area contributed by atoms with Gasteiger partial charge in [0.1, 0.15) is 5.69 Å². The molecule has 2 aromatic heterocycles. The fourth-order valence-electron chi connectivity index (χ4n) is 2.54. The van der Waals surface area contributed by atoms with Gasteiger partial charge in [-0.2, -0.15) is 5.10 Å². The molecule has 0 spiro atoms. The first-order valence-electron chi connectivity index (χ1n) is 6.74. The predicted molar refractivity (Wildman–Crippen MR) is 90.1 cm³/mol. The Morgan fingerprint density at radius 3 is 2.36 bits per heavy atom. The van der Waals surface area contributed by atoms with E-state index in [1.807, 2.05) is 13.8 Å². The Morgan fingerprint density at radius 1 is 1.14 bits per heavy atom. The van der Waals surface area contributed by atoms with Crippen LogP contribution in [0.4, 0.5) is 5.69 Å². The standard InChI is InChI=1S/C15H14Cl2N4O/c1-8(2)20-13-7-19-21(12(13)3-4-14(20)22)15-10(16)5-9(18)6-11(15)17/h3-8H,18H2,1-2H3. The Morgan fingerprint density at radius 2 is 1.77 bits per heavy atom. The first kappa shape index (κ1) is 14.9. The highest BCUT2D eigenvalue weighted by Crippen LogP contribution is 2.32. The zero-order chi connectivity index (χ0) is 16.0. The van der Waals surface area contributed by atoms with Crippen LogP contribution in [0.1, 0.15) is 19.9 Å². The van der Waals surface area contributed by atoms with Gasteiger partial charge in [-0.05, 0) is 32.0 Å². The largest absolute Gasteiger partial charge is 0.399 e. The van der Waals surface area contributed by atoms with Crippen molar-refractivity contribution in [3.8, 4) is 5.69 Å². The van der Waals surface area contributed by atoms with E-state index in [0.29, 0.717) is 21.4 Å². The van der Waals surface area contributed by atoms with Crippen LogP contribution in [0.2, 0.25) is 10.0 Å². The van der Waals surface area contributed by atoms with Crippen LogP contribution in [0.5, 0.6) is 0 Å². The zero-order valence-electron chi connectivity index (χ0n) is 12.0. The second-order valence-electron chi connectivity index (χ2n) is 5.30. The number of hydrogen-bond acceptors (Lipinski definition) is 3. The van der Waals surface area contributed by atoms with Crippen LogP contribution < -0.4 is 11.3 Å². The Bertz CT molecular complexity index is 904. The third-order valence-corrected chi connectivity index (χ3v) is 4.01. The highest BCUT2D eigenvalue weighted by atomic mass is 35.5. The summed E-state index contributed by atoms with van der Waals surface area (Å²) >= 11 is 12.5. The van der Waals surface area contributed by atoms with Gasteiger partial charge in [-0.3, -0.25) is 4.79 Å². The number of halogens is 2. The average molecular weight is 337 g/mol. The molecule has 3 rings (SSSR count). The van der Waals surface area contributed by atoms with Gasteiger partial charge >= 0.3 is 0 Å². The number of nitrogens with zero attached hydrogens (tertiary/aromatic N) is 3. The van der Waals surface area contributed by atoms with Gasteiger partial charge < -0.3 is 10.3 Å². The molecule has 0 unspecified atom stereocenters. The predicted octanol–water partition coefficient (Wildman–Crippen LogP) is 3.66. The van der Waals surface area contributed by atoms with Gasteiger partial charge in [-0.15, -0.1) is 0 Å². The van der Waals surface area contributed by atoms with E-state index in [1.54, 1.807) is 33.6 Å². The van der Waals surface area contributed by atoms with Crippen molar-refractivity contribution in [2.24, 2.45) is 0 Å². The minimum absolute atomic E-state index is 0.0196. The highest BCUT2D eigenvalue weighted by molar-refractivity contribution is 6.38. The molecule has 22 heavy (non-hydrogen) atoms. The second kappa shape index (κ2) is 5.34. The van der Waals surface area contributed by atoms with Crippen molar-refractivity contribution in [2.45, 2.75) is 19.9 Å².